The lowest BCUT2D eigenvalue weighted by molar-refractivity contribution is -0.129. The maximum atomic E-state index is 13.8. The van der Waals surface area contributed by atoms with Crippen molar-refractivity contribution in [1.29, 1.82) is 0 Å². The van der Waals surface area contributed by atoms with Crippen molar-refractivity contribution in [3.05, 3.63) is 125 Å². The molecule has 0 atom stereocenters. The summed E-state index contributed by atoms with van der Waals surface area (Å²) in [7, 11) is 1.81. The Morgan fingerprint density at radius 1 is 0.737 bits per heavy atom. The van der Waals surface area contributed by atoms with E-state index >= 15 is 0 Å². The van der Waals surface area contributed by atoms with E-state index in [1.54, 1.807) is 28.0 Å². The maximum Gasteiger partial charge on any atom is 0.258 e. The van der Waals surface area contributed by atoms with Crippen molar-refractivity contribution in [3.63, 3.8) is 0 Å². The third-order valence-corrected chi connectivity index (χ3v) is 6.59. The van der Waals surface area contributed by atoms with Crippen LogP contribution < -0.4 is 14.4 Å². The van der Waals surface area contributed by atoms with Crippen molar-refractivity contribution in [3.8, 4) is 11.5 Å². The van der Waals surface area contributed by atoms with Gasteiger partial charge in [0.05, 0.1) is 13.0 Å². The number of amides is 2. The second kappa shape index (κ2) is 11.2. The van der Waals surface area contributed by atoms with Gasteiger partial charge in [-0.2, -0.15) is 0 Å². The highest BCUT2D eigenvalue weighted by Crippen LogP contribution is 2.33. The molecule has 0 N–H and O–H groups in total. The van der Waals surface area contributed by atoms with Gasteiger partial charge in [0, 0.05) is 24.8 Å². The van der Waals surface area contributed by atoms with Crippen LogP contribution >= 0.6 is 0 Å². The predicted molar refractivity (Wildman–Crippen MR) is 147 cm³/mol. The average Bonchev–Trinajstić information content (AvgIpc) is 3.41. The molecule has 0 saturated carbocycles. The molecule has 4 aromatic rings. The van der Waals surface area contributed by atoms with E-state index in [-0.39, 0.29) is 25.0 Å². The van der Waals surface area contributed by atoms with Crippen molar-refractivity contribution in [2.45, 2.75) is 26.4 Å². The summed E-state index contributed by atoms with van der Waals surface area (Å²) in [5.74, 6) is 1.05. The highest BCUT2D eigenvalue weighted by Gasteiger charge is 2.22. The number of benzene rings is 4. The number of ether oxygens (including phenoxy) is 2. The second-order valence-corrected chi connectivity index (χ2v) is 9.53. The van der Waals surface area contributed by atoms with Crippen molar-refractivity contribution >= 4 is 17.5 Å². The van der Waals surface area contributed by atoms with Crippen LogP contribution in [0.5, 0.6) is 11.5 Å². The molecule has 1 heterocycles. The largest absolute Gasteiger partial charge is 0.454 e. The Labute approximate surface area is 223 Å². The highest BCUT2D eigenvalue weighted by atomic mass is 16.7. The molecule has 0 bridgehead atoms. The van der Waals surface area contributed by atoms with Crippen LogP contribution in [-0.4, -0.2) is 30.6 Å². The standard InChI is InChI=1S/C32H30N2O4/c1-23-11-13-25(14-12-23)21-34(32(36)27-15-16-29-30(19-27)38-22-37-29)28-10-6-9-26(17-28)18-31(35)33(2)20-24-7-4-3-5-8-24/h3-17,19H,18,20-22H2,1-2H3. The zero-order valence-corrected chi connectivity index (χ0v) is 21.6. The average molecular weight is 507 g/mol. The van der Waals surface area contributed by atoms with Gasteiger partial charge < -0.3 is 19.3 Å². The Hall–Kier alpha value is -4.58. The van der Waals surface area contributed by atoms with E-state index in [2.05, 4.69) is 0 Å². The summed E-state index contributed by atoms with van der Waals surface area (Å²) in [5, 5.41) is 0. The van der Waals surface area contributed by atoms with E-state index in [9.17, 15) is 9.59 Å². The van der Waals surface area contributed by atoms with Gasteiger partial charge in [-0.15, -0.1) is 0 Å². The number of likely N-dealkylation sites (N-methyl/N-ethyl adjacent to an activating group) is 1. The van der Waals surface area contributed by atoms with Gasteiger partial charge in [-0.3, -0.25) is 9.59 Å². The van der Waals surface area contributed by atoms with E-state index < -0.39 is 0 Å². The first-order valence-corrected chi connectivity index (χ1v) is 12.6. The first-order valence-electron chi connectivity index (χ1n) is 12.6. The first-order chi connectivity index (χ1) is 18.5. The number of aryl methyl sites for hydroxylation is 1. The first kappa shape index (κ1) is 25.1. The molecule has 0 fully saturated rings. The van der Waals surface area contributed by atoms with Crippen molar-refractivity contribution in [2.24, 2.45) is 0 Å². The molecular formula is C32H30N2O4. The summed E-state index contributed by atoms with van der Waals surface area (Å²) in [5.41, 5.74) is 5.32. The lowest BCUT2D eigenvalue weighted by atomic mass is 10.1. The molecule has 0 aromatic heterocycles. The zero-order chi connectivity index (χ0) is 26.5. The maximum absolute atomic E-state index is 13.8. The van der Waals surface area contributed by atoms with E-state index in [0.29, 0.717) is 30.2 Å². The normalized spacial score (nSPS) is 11.7. The lowest BCUT2D eigenvalue weighted by Crippen LogP contribution is -2.31. The number of nitrogens with zero attached hydrogens (tertiary/aromatic N) is 2. The van der Waals surface area contributed by atoms with Crippen LogP contribution in [0.2, 0.25) is 0 Å². The minimum atomic E-state index is -0.159. The number of anilines is 1. The quantitative estimate of drug-likeness (QED) is 0.304. The number of hydrogen-bond acceptors (Lipinski definition) is 4. The summed E-state index contributed by atoms with van der Waals surface area (Å²) < 4.78 is 10.9. The van der Waals surface area contributed by atoms with Gasteiger partial charge in [0.15, 0.2) is 11.5 Å². The predicted octanol–water partition coefficient (Wildman–Crippen LogP) is 5.77. The van der Waals surface area contributed by atoms with Crippen molar-refractivity contribution in [2.75, 3.05) is 18.7 Å². The summed E-state index contributed by atoms with van der Waals surface area (Å²) >= 11 is 0. The minimum Gasteiger partial charge on any atom is -0.454 e. The molecule has 0 spiro atoms. The van der Waals surface area contributed by atoms with E-state index in [0.717, 1.165) is 27.9 Å². The lowest BCUT2D eigenvalue weighted by Gasteiger charge is -2.24. The monoisotopic (exact) mass is 506 g/mol. The molecule has 6 nitrogen and oxygen atoms in total. The molecule has 192 valence electrons. The molecule has 0 aliphatic carbocycles. The van der Waals surface area contributed by atoms with Gasteiger partial charge >= 0.3 is 0 Å². The number of carbonyl (C=O) groups excluding carboxylic acids is 2. The second-order valence-electron chi connectivity index (χ2n) is 9.53. The molecule has 4 aromatic carbocycles. The topological polar surface area (TPSA) is 59.1 Å². The third kappa shape index (κ3) is 5.86. The highest BCUT2D eigenvalue weighted by molar-refractivity contribution is 6.06. The van der Waals surface area contributed by atoms with E-state index in [1.807, 2.05) is 92.8 Å². The molecular weight excluding hydrogens is 476 g/mol. The molecule has 2 amide bonds. The van der Waals surface area contributed by atoms with E-state index in [1.165, 1.54) is 0 Å². The summed E-state index contributed by atoms with van der Waals surface area (Å²) in [6.07, 6.45) is 0.244. The Kier molecular flexibility index (Phi) is 7.40. The van der Waals surface area contributed by atoms with Gasteiger partial charge in [-0.05, 0) is 53.9 Å². The van der Waals surface area contributed by atoms with E-state index in [4.69, 9.17) is 9.47 Å². The Morgan fingerprint density at radius 3 is 2.24 bits per heavy atom. The van der Waals surface area contributed by atoms with Crippen molar-refractivity contribution < 1.29 is 19.1 Å². The minimum absolute atomic E-state index is 0.0122. The van der Waals surface area contributed by atoms with Gasteiger partial charge in [0.2, 0.25) is 12.7 Å². The fourth-order valence-electron chi connectivity index (χ4n) is 4.43. The zero-order valence-electron chi connectivity index (χ0n) is 21.6. The molecule has 0 saturated heterocycles. The molecule has 5 rings (SSSR count). The SMILES string of the molecule is Cc1ccc(CN(C(=O)c2ccc3c(c2)OCO3)c2cccc(CC(=O)N(C)Cc3ccccc3)c2)cc1. The Balaban J connectivity index is 1.39. The molecule has 38 heavy (non-hydrogen) atoms. The van der Waals surface area contributed by atoms with Gasteiger partial charge in [0.1, 0.15) is 0 Å². The molecule has 0 unspecified atom stereocenters. The van der Waals surface area contributed by atoms with Crippen LogP contribution in [-0.2, 0) is 24.3 Å². The summed E-state index contributed by atoms with van der Waals surface area (Å²) in [4.78, 5) is 30.3. The van der Waals surface area contributed by atoms with Gasteiger partial charge in [-0.25, -0.2) is 0 Å². The van der Waals surface area contributed by atoms with Gasteiger partial charge in [-0.1, -0.05) is 72.3 Å². The van der Waals surface area contributed by atoms with Crippen LogP contribution in [0, 0.1) is 6.92 Å². The third-order valence-electron chi connectivity index (χ3n) is 6.59. The fourth-order valence-corrected chi connectivity index (χ4v) is 4.43. The number of fused-ring (bicyclic) bond motifs is 1. The van der Waals surface area contributed by atoms with Crippen LogP contribution in [0.25, 0.3) is 0 Å². The summed E-state index contributed by atoms with van der Waals surface area (Å²) in [6, 6.07) is 30.9. The van der Waals surface area contributed by atoms with Gasteiger partial charge in [0.25, 0.3) is 5.91 Å². The van der Waals surface area contributed by atoms with Crippen LogP contribution in [0.1, 0.15) is 32.6 Å². The van der Waals surface area contributed by atoms with Crippen LogP contribution in [0.15, 0.2) is 97.1 Å². The fraction of sp³-hybridized carbons (Fsp3) is 0.188. The number of carbonyl (C=O) groups is 2. The van der Waals surface area contributed by atoms with Crippen LogP contribution in [0.3, 0.4) is 0 Å². The van der Waals surface area contributed by atoms with Crippen LogP contribution in [0.4, 0.5) is 5.69 Å². The molecule has 6 heteroatoms. The Morgan fingerprint density at radius 2 is 1.45 bits per heavy atom. The molecule has 1 aliphatic heterocycles. The van der Waals surface area contributed by atoms with Crippen molar-refractivity contribution in [1.82, 2.24) is 4.90 Å². The number of hydrogen-bond donors (Lipinski definition) is 0. The smallest absolute Gasteiger partial charge is 0.258 e. The Bertz CT molecular complexity index is 1430. The number of rotatable bonds is 8. The molecule has 1 aliphatic rings. The molecule has 0 radical (unpaired) electrons. The summed E-state index contributed by atoms with van der Waals surface area (Å²) in [6.45, 7) is 3.11.